The molecular weight excluding hydrogens is 333 g/mol. The molecule has 0 spiro atoms. The summed E-state index contributed by atoms with van der Waals surface area (Å²) in [4.78, 5) is 12.8. The number of halogens is 1. The van der Waals surface area contributed by atoms with Crippen molar-refractivity contribution in [3.8, 4) is 0 Å². The number of fused-ring (bicyclic) bond motifs is 1. The van der Waals surface area contributed by atoms with Gasteiger partial charge < -0.3 is 16.4 Å². The van der Waals surface area contributed by atoms with E-state index in [2.05, 4.69) is 28.2 Å². The van der Waals surface area contributed by atoms with Crippen LogP contribution >= 0.6 is 0 Å². The highest BCUT2D eigenvalue weighted by Crippen LogP contribution is 2.38. The summed E-state index contributed by atoms with van der Waals surface area (Å²) in [5, 5.41) is 13.3. The fraction of sp³-hybridized carbons (Fsp3) is 0.947. The Kier molecular flexibility index (Phi) is 5.51. The van der Waals surface area contributed by atoms with Crippen LogP contribution in [0.15, 0.2) is 0 Å². The molecule has 6 nitrogen and oxygen atoms in total. The van der Waals surface area contributed by atoms with Gasteiger partial charge in [0.05, 0.1) is 6.04 Å². The Labute approximate surface area is 155 Å². The minimum absolute atomic E-state index is 0.00357. The van der Waals surface area contributed by atoms with Gasteiger partial charge in [-0.15, -0.1) is 0 Å². The number of hydrogen-bond donors (Lipinski definition) is 5. The van der Waals surface area contributed by atoms with Gasteiger partial charge in [-0.25, -0.2) is 4.39 Å². The summed E-state index contributed by atoms with van der Waals surface area (Å²) < 4.78 is 14.3. The number of nitrogens with one attached hydrogen (secondary N) is 4. The largest absolute Gasteiger partial charge is 0.352 e. The molecule has 0 radical (unpaired) electrons. The van der Waals surface area contributed by atoms with E-state index in [1.807, 2.05) is 0 Å². The van der Waals surface area contributed by atoms with Gasteiger partial charge in [-0.2, -0.15) is 0 Å². The first-order valence-corrected chi connectivity index (χ1v) is 10.5. The summed E-state index contributed by atoms with van der Waals surface area (Å²) in [6.07, 6.45) is 5.69. The van der Waals surface area contributed by atoms with Gasteiger partial charge >= 0.3 is 0 Å². The number of nitrogens with two attached hydrogens (primary N) is 1. The molecule has 2 saturated carbocycles. The summed E-state index contributed by atoms with van der Waals surface area (Å²) in [5.41, 5.74) is 5.88. The van der Waals surface area contributed by atoms with Crippen LogP contribution in [0, 0.1) is 17.8 Å². The summed E-state index contributed by atoms with van der Waals surface area (Å²) in [7, 11) is 0. The Morgan fingerprint density at radius 1 is 1.15 bits per heavy atom. The second kappa shape index (κ2) is 7.70. The van der Waals surface area contributed by atoms with Gasteiger partial charge in [0, 0.05) is 30.6 Å². The van der Waals surface area contributed by atoms with E-state index in [1.165, 1.54) is 6.42 Å². The number of hydrogen-bond acceptors (Lipinski definition) is 5. The van der Waals surface area contributed by atoms with Crippen LogP contribution in [0.25, 0.3) is 0 Å². The molecule has 0 aromatic heterocycles. The van der Waals surface area contributed by atoms with Crippen LogP contribution in [0.4, 0.5) is 4.39 Å². The van der Waals surface area contributed by atoms with Gasteiger partial charge in [-0.3, -0.25) is 15.4 Å². The maximum Gasteiger partial charge on any atom is 0.237 e. The molecule has 4 fully saturated rings. The third kappa shape index (κ3) is 3.77. The monoisotopic (exact) mass is 367 g/mol. The van der Waals surface area contributed by atoms with Crippen LogP contribution in [-0.2, 0) is 4.79 Å². The lowest BCUT2D eigenvalue weighted by atomic mass is 9.77. The molecule has 6 N–H and O–H groups in total. The van der Waals surface area contributed by atoms with E-state index >= 15 is 0 Å². The molecule has 4 aliphatic rings. The molecule has 148 valence electrons. The highest BCUT2D eigenvalue weighted by molar-refractivity contribution is 5.82. The Hall–Kier alpha value is -0.760. The third-order valence-corrected chi connectivity index (χ3v) is 7.24. The van der Waals surface area contributed by atoms with Crippen molar-refractivity contribution in [1.29, 1.82) is 0 Å². The highest BCUT2D eigenvalue weighted by atomic mass is 19.1. The van der Waals surface area contributed by atoms with Gasteiger partial charge in [0.15, 0.2) is 0 Å². The Bertz CT molecular complexity index is 502. The van der Waals surface area contributed by atoms with Crippen LogP contribution in [0.1, 0.15) is 51.9 Å². The van der Waals surface area contributed by atoms with E-state index in [-0.39, 0.29) is 36.2 Å². The molecule has 2 aliphatic carbocycles. The lowest BCUT2D eigenvalue weighted by Gasteiger charge is -2.34. The Balaban J connectivity index is 1.30. The van der Waals surface area contributed by atoms with Gasteiger partial charge in [0.1, 0.15) is 12.5 Å². The zero-order chi connectivity index (χ0) is 18.3. The first-order valence-electron chi connectivity index (χ1n) is 10.5. The topological polar surface area (TPSA) is 91.2 Å². The van der Waals surface area contributed by atoms with E-state index in [1.54, 1.807) is 0 Å². The molecule has 2 saturated heterocycles. The highest BCUT2D eigenvalue weighted by Gasteiger charge is 2.46. The molecule has 2 aliphatic heterocycles. The lowest BCUT2D eigenvalue weighted by Crippen LogP contribution is -2.50. The zero-order valence-corrected chi connectivity index (χ0v) is 15.7. The van der Waals surface area contributed by atoms with Crippen molar-refractivity contribution >= 4 is 5.91 Å². The average molecular weight is 368 g/mol. The maximum absolute atomic E-state index is 14.3. The molecule has 1 amide bonds. The summed E-state index contributed by atoms with van der Waals surface area (Å²) >= 11 is 0. The SMILES string of the molecule is CC1CCC(F)C2CC(C(=O)NC3CCCC(C4CNC(N)N4)C3)NC12. The van der Waals surface area contributed by atoms with Crippen molar-refractivity contribution in [2.24, 2.45) is 23.5 Å². The van der Waals surface area contributed by atoms with E-state index in [4.69, 9.17) is 5.73 Å². The van der Waals surface area contributed by atoms with Gasteiger partial charge in [-0.1, -0.05) is 13.3 Å². The van der Waals surface area contributed by atoms with Crippen molar-refractivity contribution in [3.63, 3.8) is 0 Å². The van der Waals surface area contributed by atoms with Crippen molar-refractivity contribution in [2.45, 2.75) is 88.5 Å². The number of carbonyl (C=O) groups is 1. The zero-order valence-electron chi connectivity index (χ0n) is 15.7. The van der Waals surface area contributed by atoms with Crippen molar-refractivity contribution < 1.29 is 9.18 Å². The second-order valence-electron chi connectivity index (χ2n) is 9.01. The maximum atomic E-state index is 14.3. The van der Waals surface area contributed by atoms with E-state index < -0.39 is 6.17 Å². The Morgan fingerprint density at radius 2 is 2.00 bits per heavy atom. The quantitative estimate of drug-likeness (QED) is 0.503. The molecule has 0 aromatic rings. The molecule has 0 aromatic carbocycles. The molecule has 4 rings (SSSR count). The third-order valence-electron chi connectivity index (χ3n) is 7.24. The predicted molar refractivity (Wildman–Crippen MR) is 98.9 cm³/mol. The standard InChI is InChI=1S/C19H34FN5O/c1-10-5-6-14(20)13-8-15(24-17(10)13)18(26)23-12-4-2-3-11(7-12)16-9-22-19(21)25-16/h10-17,19,22,24-25H,2-9,21H2,1H3,(H,23,26). The summed E-state index contributed by atoms with van der Waals surface area (Å²) in [5.74, 6) is 1.07. The minimum Gasteiger partial charge on any atom is -0.352 e. The van der Waals surface area contributed by atoms with E-state index in [0.717, 1.165) is 32.2 Å². The summed E-state index contributed by atoms with van der Waals surface area (Å²) in [6, 6.07) is 0.543. The minimum atomic E-state index is -0.759. The smallest absolute Gasteiger partial charge is 0.237 e. The van der Waals surface area contributed by atoms with E-state index in [0.29, 0.717) is 30.7 Å². The summed E-state index contributed by atoms with van der Waals surface area (Å²) in [6.45, 7) is 3.08. The van der Waals surface area contributed by atoms with Crippen LogP contribution in [0.2, 0.25) is 0 Å². The van der Waals surface area contributed by atoms with Crippen molar-refractivity contribution in [1.82, 2.24) is 21.3 Å². The van der Waals surface area contributed by atoms with Crippen LogP contribution in [0.3, 0.4) is 0 Å². The predicted octanol–water partition coefficient (Wildman–Crippen LogP) is 0.580. The molecule has 9 unspecified atom stereocenters. The molecule has 26 heavy (non-hydrogen) atoms. The van der Waals surface area contributed by atoms with Crippen molar-refractivity contribution in [3.05, 3.63) is 0 Å². The second-order valence-corrected chi connectivity index (χ2v) is 9.01. The van der Waals surface area contributed by atoms with Crippen LogP contribution < -0.4 is 27.0 Å². The normalized spacial score (nSPS) is 49.0. The fourth-order valence-corrected chi connectivity index (χ4v) is 5.73. The number of alkyl halides is 1. The first-order chi connectivity index (χ1) is 12.5. The fourth-order valence-electron chi connectivity index (χ4n) is 5.73. The molecule has 0 bridgehead atoms. The number of amides is 1. The average Bonchev–Trinajstić information content (AvgIpc) is 3.26. The number of carbonyl (C=O) groups excluding carboxylic acids is 1. The van der Waals surface area contributed by atoms with Gasteiger partial charge in [0.25, 0.3) is 0 Å². The first kappa shape index (κ1) is 18.6. The van der Waals surface area contributed by atoms with E-state index in [9.17, 15) is 9.18 Å². The van der Waals surface area contributed by atoms with Gasteiger partial charge in [0.2, 0.25) is 5.91 Å². The Morgan fingerprint density at radius 3 is 2.73 bits per heavy atom. The van der Waals surface area contributed by atoms with Crippen LogP contribution in [0.5, 0.6) is 0 Å². The van der Waals surface area contributed by atoms with Gasteiger partial charge in [-0.05, 0) is 50.4 Å². The number of rotatable bonds is 3. The van der Waals surface area contributed by atoms with Crippen LogP contribution in [-0.4, -0.2) is 49.1 Å². The lowest BCUT2D eigenvalue weighted by molar-refractivity contribution is -0.124. The molecule has 9 atom stereocenters. The molecular formula is C19H34FN5O. The molecule has 2 heterocycles. The molecule has 7 heteroatoms. The van der Waals surface area contributed by atoms with Crippen molar-refractivity contribution in [2.75, 3.05) is 6.54 Å².